The molecule has 0 radical (unpaired) electrons. The molecule has 0 heterocycles. The van der Waals surface area contributed by atoms with Gasteiger partial charge in [-0.25, -0.2) is 0 Å². The molecule has 0 unspecified atom stereocenters. The maximum absolute atomic E-state index is 13.2. The molecule has 0 amide bonds. The van der Waals surface area contributed by atoms with Crippen LogP contribution >= 0.6 is 0 Å². The molecule has 11 heteroatoms. The molecule has 0 saturated carbocycles. The molecule has 26 heavy (non-hydrogen) atoms. The van der Waals surface area contributed by atoms with Crippen LogP contribution in [0.1, 0.15) is 11.1 Å². The maximum Gasteiger partial charge on any atom is 0.437 e. The summed E-state index contributed by atoms with van der Waals surface area (Å²) in [6.45, 7) is 1.70. The smallest absolute Gasteiger partial charge is 0.437 e. The summed E-state index contributed by atoms with van der Waals surface area (Å²) < 4.78 is 67.8. The molecule has 140 valence electrons. The fraction of sp³-hybridized carbons (Fsp3) is 0.133. The van der Waals surface area contributed by atoms with E-state index in [1.54, 1.807) is 6.92 Å². The predicted octanol–water partition coefficient (Wildman–Crippen LogP) is 3.36. The van der Waals surface area contributed by atoms with Gasteiger partial charge in [-0.05, 0) is 31.2 Å². The van der Waals surface area contributed by atoms with E-state index in [0.717, 1.165) is 35.9 Å². The summed E-state index contributed by atoms with van der Waals surface area (Å²) in [7, 11) is -4.58. The highest BCUT2D eigenvalue weighted by molar-refractivity contribution is 7.86. The van der Waals surface area contributed by atoms with E-state index in [2.05, 4.69) is 9.44 Å². The van der Waals surface area contributed by atoms with Crippen LogP contribution in [0.15, 0.2) is 58.6 Å². The van der Waals surface area contributed by atoms with Crippen molar-refractivity contribution in [1.29, 1.82) is 0 Å². The lowest BCUT2D eigenvalue weighted by Gasteiger charge is -2.22. The monoisotopic (exact) mass is 389 g/mol. The van der Waals surface area contributed by atoms with E-state index in [-0.39, 0.29) is 4.90 Å². The normalized spacial score (nSPS) is 12.8. The predicted molar refractivity (Wildman–Crippen MR) is 86.1 cm³/mol. The van der Waals surface area contributed by atoms with E-state index in [4.69, 9.17) is 5.21 Å². The van der Waals surface area contributed by atoms with E-state index < -0.39 is 38.5 Å². The quantitative estimate of drug-likeness (QED) is 0.621. The van der Waals surface area contributed by atoms with E-state index in [9.17, 15) is 26.8 Å². The fourth-order valence-electron chi connectivity index (χ4n) is 1.87. The summed E-state index contributed by atoms with van der Waals surface area (Å²) in [6.07, 6.45) is -5.08. The number of alkyl halides is 3. The molecular formula is C15H12F3N2O5S-. The van der Waals surface area contributed by atoms with Crippen molar-refractivity contribution in [2.75, 3.05) is 5.23 Å². The molecule has 0 aliphatic heterocycles. The van der Waals surface area contributed by atoms with Crippen LogP contribution in [-0.2, 0) is 14.4 Å². The van der Waals surface area contributed by atoms with Gasteiger partial charge in [0.25, 0.3) is 0 Å². The van der Waals surface area contributed by atoms with E-state index in [0.29, 0.717) is 6.07 Å². The molecule has 0 spiro atoms. The fourth-order valence-corrected chi connectivity index (χ4v) is 2.60. The first-order valence-corrected chi connectivity index (χ1v) is 8.33. The molecule has 2 aromatic carbocycles. The van der Waals surface area contributed by atoms with Crippen LogP contribution in [0.4, 0.5) is 18.9 Å². The summed E-state index contributed by atoms with van der Waals surface area (Å²) >= 11 is 0. The van der Waals surface area contributed by atoms with E-state index >= 15 is 0 Å². The van der Waals surface area contributed by atoms with Crippen LogP contribution in [0.5, 0.6) is 0 Å². The molecule has 0 atom stereocenters. The lowest BCUT2D eigenvalue weighted by molar-refractivity contribution is -0.0597. The molecule has 0 fully saturated rings. The minimum Gasteiger partial charge on any atom is -0.733 e. The van der Waals surface area contributed by atoms with Crippen LogP contribution in [0.25, 0.3) is 0 Å². The Kier molecular flexibility index (Phi) is 5.54. The zero-order chi connectivity index (χ0) is 19.5. The second-order valence-electron chi connectivity index (χ2n) is 5.10. The SMILES string of the molecule is Cc1ccc(S(=O)(=O)ON=C(c2cccc(N([O-])O)c2)C(F)(F)F)cc1. The van der Waals surface area contributed by atoms with Gasteiger partial charge in [0, 0.05) is 5.56 Å². The highest BCUT2D eigenvalue weighted by atomic mass is 32.2. The minimum absolute atomic E-state index is 0.372. The first-order chi connectivity index (χ1) is 12.0. The number of aryl methyl sites for hydroxylation is 1. The Morgan fingerprint density at radius 3 is 2.35 bits per heavy atom. The molecule has 0 aliphatic rings. The van der Waals surface area contributed by atoms with Crippen molar-refractivity contribution in [1.82, 2.24) is 0 Å². The van der Waals surface area contributed by atoms with Gasteiger partial charge in [-0.1, -0.05) is 35.0 Å². The zero-order valence-electron chi connectivity index (χ0n) is 13.1. The van der Waals surface area contributed by atoms with Gasteiger partial charge in [0.05, 0.1) is 5.69 Å². The molecule has 1 N–H and O–H groups in total. The van der Waals surface area contributed by atoms with Crippen molar-refractivity contribution in [3.05, 3.63) is 64.9 Å². The van der Waals surface area contributed by atoms with Gasteiger partial charge >= 0.3 is 16.3 Å². The second kappa shape index (κ2) is 7.32. The number of anilines is 1. The van der Waals surface area contributed by atoms with Crippen LogP contribution in [0.2, 0.25) is 0 Å². The maximum atomic E-state index is 13.2. The number of hydrogen-bond donors (Lipinski definition) is 1. The molecular weight excluding hydrogens is 377 g/mol. The van der Waals surface area contributed by atoms with Crippen molar-refractivity contribution in [3.63, 3.8) is 0 Å². The summed E-state index contributed by atoms with van der Waals surface area (Å²) in [4.78, 5) is -0.372. The van der Waals surface area contributed by atoms with Crippen molar-refractivity contribution in [3.8, 4) is 0 Å². The number of halogens is 3. The van der Waals surface area contributed by atoms with Gasteiger partial charge in [0.15, 0.2) is 5.71 Å². The number of nitrogens with zero attached hydrogens (tertiary/aromatic N) is 2. The molecule has 7 nitrogen and oxygen atoms in total. The summed E-state index contributed by atoms with van der Waals surface area (Å²) in [5.41, 5.74) is -2.10. The Labute approximate surface area is 146 Å². The summed E-state index contributed by atoms with van der Waals surface area (Å²) in [5, 5.41) is 21.7. The number of rotatable bonds is 5. The molecule has 0 aliphatic carbocycles. The van der Waals surface area contributed by atoms with Gasteiger partial charge in [0.1, 0.15) is 4.90 Å². The van der Waals surface area contributed by atoms with Gasteiger partial charge < -0.3 is 10.4 Å². The topological polar surface area (TPSA) is 102 Å². The number of oxime groups is 1. The van der Waals surface area contributed by atoms with E-state index in [1.807, 2.05) is 0 Å². The summed E-state index contributed by atoms with van der Waals surface area (Å²) in [5.74, 6) is 0. The Morgan fingerprint density at radius 1 is 1.19 bits per heavy atom. The Bertz CT molecular complexity index is 910. The van der Waals surface area contributed by atoms with Crippen LogP contribution in [0.3, 0.4) is 0 Å². The van der Waals surface area contributed by atoms with E-state index in [1.165, 1.54) is 12.1 Å². The van der Waals surface area contributed by atoms with Crippen LogP contribution in [-0.4, -0.2) is 25.5 Å². The number of benzene rings is 2. The van der Waals surface area contributed by atoms with Gasteiger partial charge in [0.2, 0.25) is 0 Å². The number of hydrogen-bond acceptors (Lipinski definition) is 7. The zero-order valence-corrected chi connectivity index (χ0v) is 14.0. The van der Waals surface area contributed by atoms with Crippen LogP contribution in [0, 0.1) is 12.1 Å². The second-order valence-corrected chi connectivity index (χ2v) is 6.63. The third-order valence-corrected chi connectivity index (χ3v) is 4.27. The van der Waals surface area contributed by atoms with Crippen molar-refractivity contribution in [2.45, 2.75) is 18.0 Å². The lowest BCUT2D eigenvalue weighted by Crippen LogP contribution is -2.25. The standard InChI is InChI=1S/C15H12F3N2O5S/c1-10-5-7-13(8-6-10)26(23,24)25-19-14(15(16,17)18)11-3-2-4-12(9-11)20(21)22/h2-9,21H,1H3/q-1. The van der Waals surface area contributed by atoms with Gasteiger partial charge in [-0.15, -0.1) is 0 Å². The first-order valence-electron chi connectivity index (χ1n) is 6.93. The lowest BCUT2D eigenvalue weighted by atomic mass is 10.1. The Morgan fingerprint density at radius 2 is 1.81 bits per heavy atom. The molecule has 0 bridgehead atoms. The van der Waals surface area contributed by atoms with Gasteiger partial charge in [-0.2, -0.15) is 21.6 Å². The van der Waals surface area contributed by atoms with Crippen LogP contribution < -0.4 is 5.23 Å². The summed E-state index contributed by atoms with van der Waals surface area (Å²) in [6, 6.07) is 8.93. The average Bonchev–Trinajstić information content (AvgIpc) is 2.54. The van der Waals surface area contributed by atoms with Crippen molar-refractivity contribution >= 4 is 21.5 Å². The molecule has 0 saturated heterocycles. The average molecular weight is 389 g/mol. The largest absolute Gasteiger partial charge is 0.733 e. The van der Waals surface area contributed by atoms with Gasteiger partial charge in [-0.3, -0.25) is 9.49 Å². The highest BCUT2D eigenvalue weighted by Gasteiger charge is 2.38. The molecule has 0 aromatic heterocycles. The molecule has 2 rings (SSSR count). The first kappa shape index (κ1) is 19.7. The Hall–Kier alpha value is -2.63. The minimum atomic E-state index is -5.08. The Balaban J connectivity index is 2.42. The van der Waals surface area contributed by atoms with Crippen molar-refractivity contribution in [2.24, 2.45) is 5.16 Å². The molecule has 2 aromatic rings. The van der Waals surface area contributed by atoms with Crippen molar-refractivity contribution < 1.29 is 31.1 Å². The third-order valence-electron chi connectivity index (χ3n) is 3.15. The highest BCUT2D eigenvalue weighted by Crippen LogP contribution is 2.26. The third kappa shape index (κ3) is 4.71.